The first-order valence-corrected chi connectivity index (χ1v) is 12.5. The van der Waals surface area contributed by atoms with E-state index in [1.165, 1.54) is 0 Å². The Bertz CT molecular complexity index is 992. The lowest BCUT2D eigenvalue weighted by molar-refractivity contribution is -0.137. The number of carboxylic acid groups (broad SMARTS) is 1. The molecule has 2 amide bonds. The molecule has 3 N–H and O–H groups in total. The number of unbranched alkanes of at least 4 members (excludes halogenated alkanes) is 1. The maximum Gasteiger partial charge on any atom is 0.407 e. The summed E-state index contributed by atoms with van der Waals surface area (Å²) in [6, 6.07) is 14.9. The molecule has 0 heterocycles. The van der Waals surface area contributed by atoms with Gasteiger partial charge in [0.25, 0.3) is 0 Å². The number of rotatable bonds is 12. The molecule has 0 spiro atoms. The van der Waals surface area contributed by atoms with E-state index in [0.717, 1.165) is 35.1 Å². The summed E-state index contributed by atoms with van der Waals surface area (Å²) in [7, 11) is 0. The smallest absolute Gasteiger partial charge is 0.407 e. The first-order chi connectivity index (χ1) is 16.8. The predicted molar refractivity (Wildman–Crippen MR) is 135 cm³/mol. The Morgan fingerprint density at radius 2 is 1.57 bits per heavy atom. The molecule has 2 aromatic carbocycles. The molecule has 1 aliphatic carbocycles. The van der Waals surface area contributed by atoms with Crippen LogP contribution in [-0.4, -0.2) is 41.8 Å². The maximum absolute atomic E-state index is 13.0. The van der Waals surface area contributed by atoms with E-state index in [0.29, 0.717) is 12.8 Å². The van der Waals surface area contributed by atoms with E-state index in [1.807, 2.05) is 45.0 Å². The second-order valence-corrected chi connectivity index (χ2v) is 9.28. The number of carbonyl (C=O) groups is 3. The fourth-order valence-corrected chi connectivity index (χ4v) is 4.65. The highest BCUT2D eigenvalue weighted by atomic mass is 16.5. The number of carboxylic acids is 1. The van der Waals surface area contributed by atoms with Crippen molar-refractivity contribution in [1.82, 2.24) is 10.6 Å². The summed E-state index contributed by atoms with van der Waals surface area (Å²) < 4.78 is 5.63. The molecule has 35 heavy (non-hydrogen) atoms. The summed E-state index contributed by atoms with van der Waals surface area (Å²) in [6.45, 7) is 6.00. The summed E-state index contributed by atoms with van der Waals surface area (Å²) >= 11 is 0. The number of nitrogens with one attached hydrogen (secondary N) is 2. The quantitative estimate of drug-likeness (QED) is 0.392. The molecular formula is C28H36N2O5. The summed E-state index contributed by atoms with van der Waals surface area (Å²) in [5.74, 6) is -1.56. The van der Waals surface area contributed by atoms with Gasteiger partial charge in [-0.3, -0.25) is 9.59 Å². The number of carbonyl (C=O) groups excluding carboxylic acids is 2. The highest BCUT2D eigenvalue weighted by Crippen LogP contribution is 2.44. The average Bonchev–Trinajstić information content (AvgIpc) is 3.17. The molecule has 0 saturated carbocycles. The topological polar surface area (TPSA) is 105 Å². The molecule has 1 aliphatic rings. The SMILES string of the molecule is CCCCC(CC(=O)O)NC(=O)C(NC(=O)OCC1c2ccccc2-c2ccccc21)C(C)CC. The van der Waals surface area contributed by atoms with Crippen molar-refractivity contribution < 1.29 is 24.2 Å². The van der Waals surface area contributed by atoms with E-state index in [9.17, 15) is 19.5 Å². The molecular weight excluding hydrogens is 444 g/mol. The van der Waals surface area contributed by atoms with Crippen molar-refractivity contribution in [2.45, 2.75) is 70.9 Å². The number of hydrogen-bond acceptors (Lipinski definition) is 4. The van der Waals surface area contributed by atoms with Crippen LogP contribution >= 0.6 is 0 Å². The number of benzene rings is 2. The third kappa shape index (κ3) is 6.62. The van der Waals surface area contributed by atoms with Gasteiger partial charge in [-0.25, -0.2) is 4.79 Å². The summed E-state index contributed by atoms with van der Waals surface area (Å²) in [6.07, 6.45) is 2.15. The van der Waals surface area contributed by atoms with E-state index in [1.54, 1.807) is 0 Å². The number of fused-ring (bicyclic) bond motifs is 3. The van der Waals surface area contributed by atoms with Gasteiger partial charge in [-0.1, -0.05) is 88.6 Å². The molecule has 3 atom stereocenters. The first kappa shape index (κ1) is 26.3. The van der Waals surface area contributed by atoms with Crippen LogP contribution in [0.5, 0.6) is 0 Å². The molecule has 3 rings (SSSR count). The normalized spacial score (nSPS) is 14.8. The number of amides is 2. The average molecular weight is 481 g/mol. The van der Waals surface area contributed by atoms with Crippen LogP contribution in [-0.2, 0) is 14.3 Å². The number of alkyl carbamates (subject to hydrolysis) is 1. The van der Waals surface area contributed by atoms with Gasteiger partial charge in [-0.2, -0.15) is 0 Å². The molecule has 7 heteroatoms. The minimum Gasteiger partial charge on any atom is -0.481 e. The molecule has 7 nitrogen and oxygen atoms in total. The van der Waals surface area contributed by atoms with Crippen molar-refractivity contribution in [3.8, 4) is 11.1 Å². The van der Waals surface area contributed by atoms with E-state index in [4.69, 9.17) is 4.74 Å². The fraction of sp³-hybridized carbons (Fsp3) is 0.464. The second-order valence-electron chi connectivity index (χ2n) is 9.28. The van der Waals surface area contributed by atoms with E-state index >= 15 is 0 Å². The Morgan fingerprint density at radius 1 is 0.971 bits per heavy atom. The highest BCUT2D eigenvalue weighted by Gasteiger charge is 2.31. The fourth-order valence-electron chi connectivity index (χ4n) is 4.65. The zero-order valence-corrected chi connectivity index (χ0v) is 20.8. The second kappa shape index (κ2) is 12.4. The molecule has 3 unspecified atom stereocenters. The largest absolute Gasteiger partial charge is 0.481 e. The van der Waals surface area contributed by atoms with Crippen LogP contribution in [0.15, 0.2) is 48.5 Å². The van der Waals surface area contributed by atoms with Gasteiger partial charge in [0.1, 0.15) is 12.6 Å². The van der Waals surface area contributed by atoms with E-state index < -0.39 is 24.1 Å². The highest BCUT2D eigenvalue weighted by molar-refractivity contribution is 5.86. The number of hydrogen-bond donors (Lipinski definition) is 3. The van der Waals surface area contributed by atoms with Gasteiger partial charge in [0.15, 0.2) is 0 Å². The van der Waals surface area contributed by atoms with Crippen LogP contribution in [0.1, 0.15) is 69.9 Å². The lowest BCUT2D eigenvalue weighted by Gasteiger charge is -2.26. The maximum atomic E-state index is 13.0. The van der Waals surface area contributed by atoms with Crippen LogP contribution in [0.2, 0.25) is 0 Å². The van der Waals surface area contributed by atoms with Crippen LogP contribution in [0.4, 0.5) is 4.79 Å². The van der Waals surface area contributed by atoms with Gasteiger partial charge in [0, 0.05) is 12.0 Å². The van der Waals surface area contributed by atoms with Crippen LogP contribution in [0.25, 0.3) is 11.1 Å². The lowest BCUT2D eigenvalue weighted by Crippen LogP contribution is -2.53. The minimum absolute atomic E-state index is 0.0713. The zero-order valence-electron chi connectivity index (χ0n) is 20.8. The van der Waals surface area contributed by atoms with Crippen molar-refractivity contribution in [3.63, 3.8) is 0 Å². The van der Waals surface area contributed by atoms with Crippen LogP contribution < -0.4 is 10.6 Å². The Kier molecular flexibility index (Phi) is 9.29. The van der Waals surface area contributed by atoms with Crippen molar-refractivity contribution in [1.29, 1.82) is 0 Å². The first-order valence-electron chi connectivity index (χ1n) is 12.5. The predicted octanol–water partition coefficient (Wildman–Crippen LogP) is 5.09. The Labute approximate surface area is 207 Å². The molecule has 0 saturated heterocycles. The van der Waals surface area contributed by atoms with Gasteiger partial charge in [0.2, 0.25) is 5.91 Å². The van der Waals surface area contributed by atoms with E-state index in [-0.39, 0.29) is 30.8 Å². The van der Waals surface area contributed by atoms with E-state index in [2.05, 4.69) is 34.9 Å². The number of aliphatic carboxylic acids is 1. The van der Waals surface area contributed by atoms with Gasteiger partial charge >= 0.3 is 12.1 Å². The van der Waals surface area contributed by atoms with Gasteiger partial charge in [0.05, 0.1) is 6.42 Å². The van der Waals surface area contributed by atoms with Crippen LogP contribution in [0.3, 0.4) is 0 Å². The minimum atomic E-state index is -0.962. The van der Waals surface area contributed by atoms with Crippen molar-refractivity contribution >= 4 is 18.0 Å². The summed E-state index contributed by atoms with van der Waals surface area (Å²) in [4.78, 5) is 37.1. The molecule has 188 valence electrons. The van der Waals surface area contributed by atoms with Crippen LogP contribution in [0, 0.1) is 5.92 Å². The molecule has 0 aliphatic heterocycles. The third-order valence-electron chi connectivity index (χ3n) is 6.79. The Balaban J connectivity index is 1.66. The standard InChI is InChI=1S/C28H36N2O5/c1-4-6-11-19(16-25(31)32)29-27(33)26(18(3)5-2)30-28(34)35-17-24-22-14-9-7-12-20(22)21-13-8-10-15-23(21)24/h7-10,12-15,18-19,24,26H,4-6,11,16-17H2,1-3H3,(H,29,33)(H,30,34)(H,31,32). The molecule has 0 fully saturated rings. The van der Waals surface area contributed by atoms with Crippen molar-refractivity contribution in [2.24, 2.45) is 5.92 Å². The zero-order chi connectivity index (χ0) is 25.4. The molecule has 0 bridgehead atoms. The molecule has 0 aromatic heterocycles. The van der Waals surface area contributed by atoms with Crippen molar-refractivity contribution in [2.75, 3.05) is 6.61 Å². The lowest BCUT2D eigenvalue weighted by atomic mass is 9.97. The summed E-state index contributed by atoms with van der Waals surface area (Å²) in [5.41, 5.74) is 4.52. The molecule has 0 radical (unpaired) electrons. The summed E-state index contributed by atoms with van der Waals surface area (Å²) in [5, 5.41) is 14.8. The molecule has 2 aromatic rings. The van der Waals surface area contributed by atoms with Gasteiger partial charge in [-0.05, 0) is 34.6 Å². The van der Waals surface area contributed by atoms with Crippen molar-refractivity contribution in [3.05, 3.63) is 59.7 Å². The Hall–Kier alpha value is -3.35. The number of ether oxygens (including phenoxy) is 1. The van der Waals surface area contributed by atoms with Gasteiger partial charge < -0.3 is 20.5 Å². The third-order valence-corrected chi connectivity index (χ3v) is 6.79. The van der Waals surface area contributed by atoms with Gasteiger partial charge in [-0.15, -0.1) is 0 Å². The monoisotopic (exact) mass is 480 g/mol. The Morgan fingerprint density at radius 3 is 2.11 bits per heavy atom.